The fraction of sp³-hybridized carbons (Fsp3) is 0.600. The first-order chi connectivity index (χ1) is 11.8. The Balaban J connectivity index is 1.79. The molecule has 0 amide bonds. The Morgan fingerprint density at radius 2 is 2.00 bits per heavy atom. The van der Waals surface area contributed by atoms with Crippen LogP contribution in [-0.4, -0.2) is 27.7 Å². The van der Waals surface area contributed by atoms with Crippen LogP contribution < -0.4 is 4.90 Å². The largest absolute Gasteiger partial charge is 0.392 e. The van der Waals surface area contributed by atoms with Crippen molar-refractivity contribution in [3.8, 4) is 0 Å². The molecule has 1 saturated carbocycles. The van der Waals surface area contributed by atoms with Crippen LogP contribution in [0.15, 0.2) is 24.4 Å². The van der Waals surface area contributed by atoms with Crippen LogP contribution in [-0.2, 0) is 10.8 Å². The Morgan fingerprint density at radius 1 is 1.24 bits per heavy atom. The predicted octanol–water partition coefficient (Wildman–Crippen LogP) is 4.41. The minimum atomic E-state index is -0.364. The van der Waals surface area contributed by atoms with Gasteiger partial charge in [0.2, 0.25) is 0 Å². The number of fused-ring (bicyclic) bond motifs is 1. The molecule has 2 aromatic rings. The molecule has 1 atom stereocenters. The molecule has 1 fully saturated rings. The summed E-state index contributed by atoms with van der Waals surface area (Å²) in [6.45, 7) is 9.64. The average molecular weight is 358 g/mol. The summed E-state index contributed by atoms with van der Waals surface area (Å²) in [6.07, 6.45) is 4.85. The lowest BCUT2D eigenvalue weighted by atomic mass is 9.67. The predicted molar refractivity (Wildman–Crippen MR) is 103 cm³/mol. The SMILES string of the molecule is CC1(C)CC(O)C(C)(C)c2nc(N(CC3CC3)c3ccccn3)sc21. The van der Waals surface area contributed by atoms with Crippen LogP contribution in [0.2, 0.25) is 0 Å². The minimum absolute atomic E-state index is 0.0461. The van der Waals surface area contributed by atoms with Crippen molar-refractivity contribution in [3.63, 3.8) is 0 Å². The van der Waals surface area contributed by atoms with Gasteiger partial charge in [0.25, 0.3) is 0 Å². The van der Waals surface area contributed by atoms with Gasteiger partial charge in [0.1, 0.15) is 5.82 Å². The first-order valence-corrected chi connectivity index (χ1v) is 9.99. The second-order valence-corrected chi connectivity index (χ2v) is 9.72. The normalized spacial score (nSPS) is 24.0. The second kappa shape index (κ2) is 5.78. The van der Waals surface area contributed by atoms with E-state index in [1.165, 1.54) is 17.7 Å². The quantitative estimate of drug-likeness (QED) is 0.881. The van der Waals surface area contributed by atoms with Gasteiger partial charge in [0.15, 0.2) is 5.13 Å². The highest BCUT2D eigenvalue weighted by Crippen LogP contribution is 2.50. The number of nitrogens with zero attached hydrogens (tertiary/aromatic N) is 3. The van der Waals surface area contributed by atoms with E-state index in [0.29, 0.717) is 0 Å². The van der Waals surface area contributed by atoms with E-state index in [1.807, 2.05) is 18.3 Å². The molecule has 0 spiro atoms. The Morgan fingerprint density at radius 3 is 2.64 bits per heavy atom. The Bertz CT molecular complexity index is 765. The molecule has 2 heterocycles. The van der Waals surface area contributed by atoms with Crippen molar-refractivity contribution < 1.29 is 5.11 Å². The number of aromatic nitrogens is 2. The lowest BCUT2D eigenvalue weighted by Crippen LogP contribution is -2.44. The van der Waals surface area contributed by atoms with Crippen molar-refractivity contribution in [2.75, 3.05) is 11.4 Å². The zero-order valence-corrected chi connectivity index (χ0v) is 16.3. The highest BCUT2D eigenvalue weighted by Gasteiger charge is 2.47. The molecule has 134 valence electrons. The van der Waals surface area contributed by atoms with Crippen LogP contribution in [0, 0.1) is 5.92 Å². The fourth-order valence-corrected chi connectivity index (χ4v) is 5.01. The number of pyridine rings is 1. The Hall–Kier alpha value is -1.46. The molecule has 2 aliphatic carbocycles. The number of thiazole rings is 1. The van der Waals surface area contributed by atoms with E-state index < -0.39 is 0 Å². The summed E-state index contributed by atoms with van der Waals surface area (Å²) in [5.41, 5.74) is 0.706. The van der Waals surface area contributed by atoms with Crippen LogP contribution in [0.1, 0.15) is 57.5 Å². The van der Waals surface area contributed by atoms with E-state index >= 15 is 0 Å². The van der Waals surface area contributed by atoms with Gasteiger partial charge in [-0.2, -0.15) is 0 Å². The number of aliphatic hydroxyl groups excluding tert-OH is 1. The maximum Gasteiger partial charge on any atom is 0.191 e. The molecule has 25 heavy (non-hydrogen) atoms. The number of aliphatic hydroxyl groups is 1. The van der Waals surface area contributed by atoms with Crippen molar-refractivity contribution in [1.29, 1.82) is 0 Å². The Kier molecular flexibility index (Phi) is 3.92. The van der Waals surface area contributed by atoms with Crippen molar-refractivity contribution >= 4 is 22.3 Å². The van der Waals surface area contributed by atoms with Crippen molar-refractivity contribution in [2.24, 2.45) is 5.92 Å². The molecular formula is C20H27N3OS. The summed E-state index contributed by atoms with van der Waals surface area (Å²) < 4.78 is 0. The first-order valence-electron chi connectivity index (χ1n) is 9.17. The maximum atomic E-state index is 10.7. The molecule has 0 radical (unpaired) electrons. The topological polar surface area (TPSA) is 49.3 Å². The Labute approximate surface area is 153 Å². The second-order valence-electron chi connectivity index (χ2n) is 8.74. The molecule has 0 aliphatic heterocycles. The van der Waals surface area contributed by atoms with E-state index in [-0.39, 0.29) is 16.9 Å². The summed E-state index contributed by atoms with van der Waals surface area (Å²) in [5, 5.41) is 11.7. The number of anilines is 2. The molecule has 0 aromatic carbocycles. The van der Waals surface area contributed by atoms with Gasteiger partial charge >= 0.3 is 0 Å². The molecular weight excluding hydrogens is 330 g/mol. The standard InChI is InChI=1S/C20H27N3OS/c1-19(2)11-14(24)20(3,4)16-17(19)25-18(22-16)23(12-13-8-9-13)15-7-5-6-10-21-15/h5-7,10,13-14,24H,8-9,11-12H2,1-4H3. The summed E-state index contributed by atoms with van der Waals surface area (Å²) >= 11 is 1.78. The van der Waals surface area contributed by atoms with Gasteiger partial charge < -0.3 is 10.0 Å². The van der Waals surface area contributed by atoms with Gasteiger partial charge in [-0.05, 0) is 37.3 Å². The van der Waals surface area contributed by atoms with E-state index in [4.69, 9.17) is 4.98 Å². The number of hydrogen-bond acceptors (Lipinski definition) is 5. The molecule has 0 bridgehead atoms. The molecule has 0 saturated heterocycles. The van der Waals surface area contributed by atoms with E-state index in [0.717, 1.165) is 35.5 Å². The maximum absolute atomic E-state index is 10.7. The molecule has 5 heteroatoms. The molecule has 4 rings (SSSR count). The van der Waals surface area contributed by atoms with Crippen LogP contribution in [0.5, 0.6) is 0 Å². The van der Waals surface area contributed by atoms with Crippen molar-refractivity contribution in [1.82, 2.24) is 9.97 Å². The van der Waals surface area contributed by atoms with Crippen molar-refractivity contribution in [3.05, 3.63) is 35.0 Å². The smallest absolute Gasteiger partial charge is 0.191 e. The zero-order chi connectivity index (χ0) is 17.8. The summed E-state index contributed by atoms with van der Waals surface area (Å²) in [5.74, 6) is 1.71. The molecule has 1 N–H and O–H groups in total. The van der Waals surface area contributed by atoms with E-state index in [9.17, 15) is 5.11 Å². The van der Waals surface area contributed by atoms with Crippen LogP contribution in [0.3, 0.4) is 0 Å². The van der Waals surface area contributed by atoms with Gasteiger partial charge in [-0.3, -0.25) is 0 Å². The first kappa shape index (κ1) is 17.0. The van der Waals surface area contributed by atoms with Crippen LogP contribution in [0.4, 0.5) is 10.9 Å². The molecule has 2 aromatic heterocycles. The van der Waals surface area contributed by atoms with Gasteiger partial charge in [-0.15, -0.1) is 11.3 Å². The lowest BCUT2D eigenvalue weighted by Gasteiger charge is -2.41. The monoisotopic (exact) mass is 357 g/mol. The molecule has 2 aliphatic rings. The fourth-order valence-electron chi connectivity index (χ4n) is 3.65. The van der Waals surface area contributed by atoms with Gasteiger partial charge in [-0.25, -0.2) is 9.97 Å². The molecule has 4 nitrogen and oxygen atoms in total. The summed E-state index contributed by atoms with van der Waals surface area (Å²) in [4.78, 5) is 13.2. The third kappa shape index (κ3) is 2.97. The third-order valence-corrected chi connectivity index (χ3v) is 7.12. The highest BCUT2D eigenvalue weighted by molar-refractivity contribution is 7.16. The van der Waals surface area contributed by atoms with Gasteiger partial charge in [0, 0.05) is 28.4 Å². The van der Waals surface area contributed by atoms with Gasteiger partial charge in [-0.1, -0.05) is 33.8 Å². The average Bonchev–Trinajstić information content (AvgIpc) is 3.26. The van der Waals surface area contributed by atoms with Crippen LogP contribution >= 0.6 is 11.3 Å². The van der Waals surface area contributed by atoms with E-state index in [2.05, 4.69) is 43.6 Å². The van der Waals surface area contributed by atoms with E-state index in [1.54, 1.807) is 11.3 Å². The van der Waals surface area contributed by atoms with Crippen molar-refractivity contribution in [2.45, 2.75) is 63.9 Å². The van der Waals surface area contributed by atoms with Gasteiger partial charge in [0.05, 0.1) is 11.8 Å². The number of rotatable bonds is 4. The highest BCUT2D eigenvalue weighted by atomic mass is 32.1. The lowest BCUT2D eigenvalue weighted by molar-refractivity contribution is 0.0575. The summed E-state index contributed by atoms with van der Waals surface area (Å²) in [6, 6.07) is 6.05. The van der Waals surface area contributed by atoms with Crippen LogP contribution in [0.25, 0.3) is 0 Å². The number of hydrogen-bond donors (Lipinski definition) is 1. The minimum Gasteiger partial charge on any atom is -0.392 e. The summed E-state index contributed by atoms with van der Waals surface area (Å²) in [7, 11) is 0. The third-order valence-electron chi connectivity index (χ3n) is 5.67. The molecule has 1 unspecified atom stereocenters. The zero-order valence-electron chi connectivity index (χ0n) is 15.5.